The van der Waals surface area contributed by atoms with Crippen LogP contribution in [-0.4, -0.2) is 47.8 Å². The van der Waals surface area contributed by atoms with Gasteiger partial charge in [-0.2, -0.15) is 0 Å². The van der Waals surface area contributed by atoms with Crippen LogP contribution in [0, 0.1) is 12.8 Å². The first-order chi connectivity index (χ1) is 12.2. The number of carbonyl (C=O) groups is 1. The lowest BCUT2D eigenvalue weighted by atomic mass is 10.1. The van der Waals surface area contributed by atoms with E-state index in [0.29, 0.717) is 19.6 Å². The maximum atomic E-state index is 12.5. The Bertz CT molecular complexity index is 753. The predicted octanol–water partition coefficient (Wildman–Crippen LogP) is 2.11. The van der Waals surface area contributed by atoms with Crippen molar-refractivity contribution in [2.75, 3.05) is 19.8 Å². The number of rotatable bonds is 6. The number of imidazole rings is 1. The molecule has 6 heteroatoms. The van der Waals surface area contributed by atoms with Gasteiger partial charge in [0, 0.05) is 13.2 Å². The highest BCUT2D eigenvalue weighted by atomic mass is 16.5. The number of amides is 1. The Balaban J connectivity index is 1.35. The van der Waals surface area contributed by atoms with Gasteiger partial charge in [0.2, 0.25) is 5.91 Å². The molecule has 1 aliphatic heterocycles. The van der Waals surface area contributed by atoms with Crippen molar-refractivity contribution >= 4 is 16.9 Å². The second kappa shape index (κ2) is 7.14. The lowest BCUT2D eigenvalue weighted by molar-refractivity contribution is -0.125. The summed E-state index contributed by atoms with van der Waals surface area (Å²) in [5.74, 6) is 1.61. The number of carbonyl (C=O) groups excluding carboxylic acids is 1. The van der Waals surface area contributed by atoms with Crippen LogP contribution in [0.3, 0.4) is 0 Å². The summed E-state index contributed by atoms with van der Waals surface area (Å²) in [6.45, 7) is 3.97. The van der Waals surface area contributed by atoms with Crippen LogP contribution >= 0.6 is 0 Å². The minimum absolute atomic E-state index is 0.00566. The van der Waals surface area contributed by atoms with Crippen LogP contribution < -0.4 is 5.32 Å². The van der Waals surface area contributed by atoms with Crippen molar-refractivity contribution in [3.8, 4) is 0 Å². The van der Waals surface area contributed by atoms with E-state index in [1.807, 2.05) is 25.1 Å². The Kier molecular flexibility index (Phi) is 4.72. The molecule has 0 bridgehead atoms. The molecule has 2 atom stereocenters. The van der Waals surface area contributed by atoms with Gasteiger partial charge in [0.1, 0.15) is 5.82 Å². The number of nitrogens with one attached hydrogen (secondary N) is 2. The average molecular weight is 343 g/mol. The molecular formula is C19H25N3O3. The third-order valence-electron chi connectivity index (χ3n) is 4.91. The summed E-state index contributed by atoms with van der Waals surface area (Å²) >= 11 is 0. The molecule has 2 aliphatic rings. The fourth-order valence-electron chi connectivity index (χ4n) is 3.33. The van der Waals surface area contributed by atoms with Crippen molar-refractivity contribution in [2.24, 2.45) is 5.92 Å². The SMILES string of the molecule is Cc1nc2ccc(CC(=O)N[C@@H]3COCC[C@@H]3OCC3CC3)cc2[nH]1. The fourth-order valence-corrected chi connectivity index (χ4v) is 3.33. The molecule has 25 heavy (non-hydrogen) atoms. The van der Waals surface area contributed by atoms with E-state index in [0.717, 1.165) is 41.4 Å². The molecule has 0 unspecified atom stereocenters. The summed E-state index contributed by atoms with van der Waals surface area (Å²) < 4.78 is 11.6. The second-order valence-corrected chi connectivity index (χ2v) is 7.20. The molecule has 1 saturated heterocycles. The molecule has 4 rings (SSSR count). The Morgan fingerprint density at radius 1 is 1.40 bits per heavy atom. The average Bonchev–Trinajstić information content (AvgIpc) is 3.34. The molecule has 134 valence electrons. The topological polar surface area (TPSA) is 76.2 Å². The number of H-pyrrole nitrogens is 1. The van der Waals surface area contributed by atoms with E-state index in [1.54, 1.807) is 0 Å². The van der Waals surface area contributed by atoms with E-state index >= 15 is 0 Å². The van der Waals surface area contributed by atoms with E-state index in [2.05, 4.69) is 15.3 Å². The van der Waals surface area contributed by atoms with Gasteiger partial charge in [0.05, 0.1) is 36.2 Å². The van der Waals surface area contributed by atoms with Crippen molar-refractivity contribution in [1.29, 1.82) is 0 Å². The van der Waals surface area contributed by atoms with E-state index in [4.69, 9.17) is 9.47 Å². The second-order valence-electron chi connectivity index (χ2n) is 7.20. The monoisotopic (exact) mass is 343 g/mol. The zero-order valence-electron chi connectivity index (χ0n) is 14.6. The van der Waals surface area contributed by atoms with E-state index in [1.165, 1.54) is 12.8 Å². The highest BCUT2D eigenvalue weighted by Gasteiger charge is 2.30. The zero-order valence-corrected chi connectivity index (χ0v) is 14.6. The Labute approximate surface area is 147 Å². The van der Waals surface area contributed by atoms with Crippen LogP contribution in [-0.2, 0) is 20.7 Å². The maximum Gasteiger partial charge on any atom is 0.224 e. The van der Waals surface area contributed by atoms with Crippen molar-refractivity contribution in [1.82, 2.24) is 15.3 Å². The summed E-state index contributed by atoms with van der Waals surface area (Å²) in [7, 11) is 0. The molecule has 0 radical (unpaired) electrons. The molecule has 2 heterocycles. The number of benzene rings is 1. The number of aromatic nitrogens is 2. The van der Waals surface area contributed by atoms with Crippen molar-refractivity contribution in [3.05, 3.63) is 29.6 Å². The minimum atomic E-state index is -0.0573. The summed E-state index contributed by atoms with van der Waals surface area (Å²) in [4.78, 5) is 20.1. The maximum absolute atomic E-state index is 12.5. The number of nitrogens with zero attached hydrogens (tertiary/aromatic N) is 1. The van der Waals surface area contributed by atoms with Gasteiger partial charge >= 0.3 is 0 Å². The number of aryl methyl sites for hydroxylation is 1. The predicted molar refractivity (Wildman–Crippen MR) is 94.4 cm³/mol. The molecule has 1 aromatic carbocycles. The summed E-state index contributed by atoms with van der Waals surface area (Å²) in [6, 6.07) is 5.85. The van der Waals surface area contributed by atoms with Gasteiger partial charge in [-0.3, -0.25) is 4.79 Å². The van der Waals surface area contributed by atoms with Crippen LogP contribution in [0.4, 0.5) is 0 Å². The quantitative estimate of drug-likeness (QED) is 0.842. The van der Waals surface area contributed by atoms with E-state index in [-0.39, 0.29) is 18.1 Å². The number of aromatic amines is 1. The van der Waals surface area contributed by atoms with Crippen molar-refractivity contribution < 1.29 is 14.3 Å². The Hall–Kier alpha value is -1.92. The van der Waals surface area contributed by atoms with Gasteiger partial charge in [-0.15, -0.1) is 0 Å². The zero-order chi connectivity index (χ0) is 17.2. The van der Waals surface area contributed by atoms with Crippen LogP contribution in [0.25, 0.3) is 11.0 Å². The first kappa shape index (κ1) is 16.5. The third-order valence-corrected chi connectivity index (χ3v) is 4.91. The molecule has 2 fully saturated rings. The molecule has 1 saturated carbocycles. The first-order valence-corrected chi connectivity index (χ1v) is 9.11. The fraction of sp³-hybridized carbons (Fsp3) is 0.579. The van der Waals surface area contributed by atoms with Gasteiger partial charge in [-0.1, -0.05) is 6.07 Å². The van der Waals surface area contributed by atoms with Gasteiger partial charge < -0.3 is 19.8 Å². The van der Waals surface area contributed by atoms with E-state index in [9.17, 15) is 4.79 Å². The molecular weight excluding hydrogens is 318 g/mol. The molecule has 2 aromatic rings. The minimum Gasteiger partial charge on any atom is -0.379 e. The number of hydrogen-bond acceptors (Lipinski definition) is 4. The summed E-state index contributed by atoms with van der Waals surface area (Å²) in [5.41, 5.74) is 2.87. The van der Waals surface area contributed by atoms with Gasteiger partial charge in [0.25, 0.3) is 0 Å². The normalized spacial score (nSPS) is 23.7. The Morgan fingerprint density at radius 2 is 2.28 bits per heavy atom. The van der Waals surface area contributed by atoms with E-state index < -0.39 is 0 Å². The molecule has 0 spiro atoms. The van der Waals surface area contributed by atoms with Gasteiger partial charge in [-0.05, 0) is 49.8 Å². The van der Waals surface area contributed by atoms with Gasteiger partial charge in [-0.25, -0.2) is 4.98 Å². The van der Waals surface area contributed by atoms with Crippen LogP contribution in [0.2, 0.25) is 0 Å². The van der Waals surface area contributed by atoms with Crippen molar-refractivity contribution in [2.45, 2.75) is 44.8 Å². The smallest absolute Gasteiger partial charge is 0.224 e. The highest BCUT2D eigenvalue weighted by molar-refractivity contribution is 5.82. The number of ether oxygens (including phenoxy) is 2. The van der Waals surface area contributed by atoms with Gasteiger partial charge in [0.15, 0.2) is 0 Å². The van der Waals surface area contributed by atoms with Crippen LogP contribution in [0.5, 0.6) is 0 Å². The van der Waals surface area contributed by atoms with Crippen LogP contribution in [0.15, 0.2) is 18.2 Å². The molecule has 1 aliphatic carbocycles. The molecule has 1 aromatic heterocycles. The lowest BCUT2D eigenvalue weighted by Gasteiger charge is -2.32. The lowest BCUT2D eigenvalue weighted by Crippen LogP contribution is -2.51. The summed E-state index contributed by atoms with van der Waals surface area (Å²) in [5, 5.41) is 3.10. The molecule has 2 N–H and O–H groups in total. The third kappa shape index (κ3) is 4.19. The molecule has 6 nitrogen and oxygen atoms in total. The molecule has 1 amide bonds. The highest BCUT2D eigenvalue weighted by Crippen LogP contribution is 2.30. The van der Waals surface area contributed by atoms with Crippen LogP contribution in [0.1, 0.15) is 30.7 Å². The number of hydrogen-bond donors (Lipinski definition) is 2. The summed E-state index contributed by atoms with van der Waals surface area (Å²) in [6.07, 6.45) is 3.80. The first-order valence-electron chi connectivity index (χ1n) is 9.11. The largest absolute Gasteiger partial charge is 0.379 e. The van der Waals surface area contributed by atoms with Crippen molar-refractivity contribution in [3.63, 3.8) is 0 Å². The number of fused-ring (bicyclic) bond motifs is 1. The Morgan fingerprint density at radius 3 is 3.12 bits per heavy atom. The standard InChI is InChI=1S/C19H25N3O3/c1-12-20-15-5-4-14(8-16(15)21-12)9-19(23)22-17-11-24-7-6-18(17)25-10-13-2-3-13/h4-5,8,13,17-18H,2-3,6-7,9-11H2,1H3,(H,20,21)(H,22,23)/t17-,18+/m1/s1.